The number of hydrogen-bond donors (Lipinski definition) is 0. The predicted octanol–water partition coefficient (Wildman–Crippen LogP) is 2.71. The molecule has 3 heteroatoms. The minimum Gasteiger partial charge on any atom is -0.444 e. The van der Waals surface area contributed by atoms with Crippen molar-refractivity contribution in [2.75, 3.05) is 0 Å². The summed E-state index contributed by atoms with van der Waals surface area (Å²) >= 11 is 1.69. The molecule has 0 aliphatic rings. The summed E-state index contributed by atoms with van der Waals surface area (Å²) in [7, 11) is 0. The number of rotatable bonds is 1. The van der Waals surface area contributed by atoms with E-state index in [4.69, 9.17) is 4.42 Å². The lowest BCUT2D eigenvalue weighted by molar-refractivity contribution is 0.576. The zero-order valence-corrected chi connectivity index (χ0v) is 6.89. The highest BCUT2D eigenvalue weighted by Gasteiger charge is 2.02. The Morgan fingerprint density at radius 1 is 1.45 bits per heavy atom. The third-order valence-electron chi connectivity index (χ3n) is 1.38. The van der Waals surface area contributed by atoms with E-state index < -0.39 is 0 Å². The molecular weight excluding hydrogens is 158 g/mol. The lowest BCUT2D eigenvalue weighted by atomic mass is 10.4. The monoisotopic (exact) mass is 165 g/mol. The Hall–Kier alpha value is -1.09. The molecule has 0 unspecified atom stereocenters. The van der Waals surface area contributed by atoms with Gasteiger partial charge in [-0.05, 0) is 19.1 Å². The average molecular weight is 165 g/mol. The lowest BCUT2D eigenvalue weighted by Gasteiger charge is -1.84. The van der Waals surface area contributed by atoms with Crippen LogP contribution in [0.3, 0.4) is 0 Å². The minimum absolute atomic E-state index is 0.711. The number of nitrogens with zero attached hydrogens (tertiary/aromatic N) is 1. The smallest absolute Gasteiger partial charge is 0.236 e. The van der Waals surface area contributed by atoms with E-state index in [9.17, 15) is 0 Å². The fourth-order valence-corrected chi connectivity index (χ4v) is 1.70. The molecule has 0 spiro atoms. The van der Waals surface area contributed by atoms with Crippen molar-refractivity contribution in [2.24, 2.45) is 0 Å². The van der Waals surface area contributed by atoms with Crippen molar-refractivity contribution in [2.45, 2.75) is 6.92 Å². The van der Waals surface area contributed by atoms with Crippen LogP contribution >= 0.6 is 11.3 Å². The van der Waals surface area contributed by atoms with Gasteiger partial charge in [-0.15, -0.1) is 11.3 Å². The molecule has 0 fully saturated rings. The van der Waals surface area contributed by atoms with Crippen molar-refractivity contribution in [1.82, 2.24) is 4.98 Å². The van der Waals surface area contributed by atoms with Crippen LogP contribution in [0.5, 0.6) is 0 Å². The van der Waals surface area contributed by atoms with Crippen LogP contribution in [-0.2, 0) is 0 Å². The highest BCUT2D eigenvalue weighted by molar-refractivity contribution is 7.15. The fraction of sp³-hybridized carbons (Fsp3) is 0.125. The van der Waals surface area contributed by atoms with Crippen molar-refractivity contribution < 1.29 is 4.42 Å². The number of oxazole rings is 1. The average Bonchev–Trinajstić information content (AvgIpc) is 2.55. The van der Waals surface area contributed by atoms with Crippen LogP contribution < -0.4 is 0 Å². The molecule has 2 nitrogen and oxygen atoms in total. The summed E-state index contributed by atoms with van der Waals surface area (Å²) in [6.07, 6.45) is 3.24. The molecule has 56 valence electrons. The second-order valence-corrected chi connectivity index (χ2v) is 3.54. The quantitative estimate of drug-likeness (QED) is 0.649. The molecule has 0 saturated heterocycles. The molecule has 2 aromatic heterocycles. The van der Waals surface area contributed by atoms with E-state index >= 15 is 0 Å². The predicted molar refractivity (Wildman–Crippen MR) is 44.6 cm³/mol. The topological polar surface area (TPSA) is 26.0 Å². The van der Waals surface area contributed by atoms with E-state index in [-0.39, 0.29) is 0 Å². The standard InChI is InChI=1S/C8H7NOS/c1-6-2-3-7(11-6)8-9-4-5-10-8/h2-5H,1H3. The zero-order valence-electron chi connectivity index (χ0n) is 6.07. The first-order valence-corrected chi connectivity index (χ1v) is 4.14. The van der Waals surface area contributed by atoms with Gasteiger partial charge in [-0.1, -0.05) is 0 Å². The molecule has 0 aliphatic carbocycles. The van der Waals surface area contributed by atoms with Crippen LogP contribution in [0.2, 0.25) is 0 Å². The first kappa shape index (κ1) is 6.61. The molecule has 2 aromatic rings. The first-order chi connectivity index (χ1) is 5.36. The van der Waals surface area contributed by atoms with Crippen molar-refractivity contribution >= 4 is 11.3 Å². The third-order valence-corrected chi connectivity index (χ3v) is 2.37. The Bertz CT molecular complexity index is 337. The molecule has 0 bridgehead atoms. The van der Waals surface area contributed by atoms with Crippen molar-refractivity contribution in [3.63, 3.8) is 0 Å². The zero-order chi connectivity index (χ0) is 7.68. The summed E-state index contributed by atoms with van der Waals surface area (Å²) < 4.78 is 5.13. The van der Waals surface area contributed by atoms with Crippen molar-refractivity contribution in [3.05, 3.63) is 29.5 Å². The summed E-state index contributed by atoms with van der Waals surface area (Å²) in [6, 6.07) is 4.08. The molecule has 0 amide bonds. The van der Waals surface area contributed by atoms with Gasteiger partial charge in [0.1, 0.15) is 6.26 Å². The molecule has 0 aromatic carbocycles. The number of thiophene rings is 1. The van der Waals surface area contributed by atoms with Crippen molar-refractivity contribution in [1.29, 1.82) is 0 Å². The highest BCUT2D eigenvalue weighted by Crippen LogP contribution is 2.25. The maximum Gasteiger partial charge on any atom is 0.236 e. The van der Waals surface area contributed by atoms with Gasteiger partial charge < -0.3 is 4.42 Å². The molecule has 0 N–H and O–H groups in total. The van der Waals surface area contributed by atoms with Gasteiger partial charge in [-0.2, -0.15) is 0 Å². The molecular formula is C8H7NOS. The van der Waals surface area contributed by atoms with Gasteiger partial charge in [0, 0.05) is 4.88 Å². The van der Waals surface area contributed by atoms with E-state index in [1.165, 1.54) is 4.88 Å². The van der Waals surface area contributed by atoms with Crippen molar-refractivity contribution in [3.8, 4) is 10.8 Å². The van der Waals surface area contributed by atoms with Crippen LogP contribution in [0.4, 0.5) is 0 Å². The summed E-state index contributed by atoms with van der Waals surface area (Å²) in [6.45, 7) is 2.07. The Kier molecular flexibility index (Phi) is 1.51. The Morgan fingerprint density at radius 2 is 2.36 bits per heavy atom. The molecule has 0 aliphatic heterocycles. The van der Waals surface area contributed by atoms with E-state index in [1.807, 2.05) is 6.07 Å². The largest absolute Gasteiger partial charge is 0.444 e. The molecule has 0 saturated carbocycles. The van der Waals surface area contributed by atoms with Crippen LogP contribution in [0, 0.1) is 6.92 Å². The first-order valence-electron chi connectivity index (χ1n) is 3.32. The maximum atomic E-state index is 5.13. The van der Waals surface area contributed by atoms with E-state index in [0.717, 1.165) is 4.88 Å². The highest BCUT2D eigenvalue weighted by atomic mass is 32.1. The molecule has 11 heavy (non-hydrogen) atoms. The lowest BCUT2D eigenvalue weighted by Crippen LogP contribution is -1.65. The molecule has 0 radical (unpaired) electrons. The maximum absolute atomic E-state index is 5.13. The summed E-state index contributed by atoms with van der Waals surface area (Å²) in [5.74, 6) is 0.711. The Morgan fingerprint density at radius 3 is 2.91 bits per heavy atom. The minimum atomic E-state index is 0.711. The molecule has 2 rings (SSSR count). The van der Waals surface area contributed by atoms with Gasteiger partial charge in [-0.25, -0.2) is 4.98 Å². The van der Waals surface area contributed by atoms with Gasteiger partial charge in [0.05, 0.1) is 11.1 Å². The van der Waals surface area contributed by atoms with E-state index in [1.54, 1.807) is 23.8 Å². The fourth-order valence-electron chi connectivity index (χ4n) is 0.895. The number of hydrogen-bond acceptors (Lipinski definition) is 3. The molecule has 2 heterocycles. The summed E-state index contributed by atoms with van der Waals surface area (Å²) in [4.78, 5) is 6.41. The second kappa shape index (κ2) is 2.51. The summed E-state index contributed by atoms with van der Waals surface area (Å²) in [5, 5.41) is 0. The number of aromatic nitrogens is 1. The van der Waals surface area contributed by atoms with Gasteiger partial charge >= 0.3 is 0 Å². The van der Waals surface area contributed by atoms with Gasteiger partial charge in [0.2, 0.25) is 5.89 Å². The number of aryl methyl sites for hydroxylation is 1. The Balaban J connectivity index is 2.45. The normalized spacial score (nSPS) is 10.3. The van der Waals surface area contributed by atoms with Gasteiger partial charge in [-0.3, -0.25) is 0 Å². The van der Waals surface area contributed by atoms with Crippen LogP contribution in [0.1, 0.15) is 4.88 Å². The Labute approximate surface area is 68.5 Å². The SMILES string of the molecule is Cc1ccc(-c2ncco2)s1. The van der Waals surface area contributed by atoms with Gasteiger partial charge in [0.25, 0.3) is 0 Å². The van der Waals surface area contributed by atoms with Crippen LogP contribution in [-0.4, -0.2) is 4.98 Å². The summed E-state index contributed by atoms with van der Waals surface area (Å²) in [5.41, 5.74) is 0. The third kappa shape index (κ3) is 1.19. The van der Waals surface area contributed by atoms with Crippen LogP contribution in [0.25, 0.3) is 10.8 Å². The van der Waals surface area contributed by atoms with Gasteiger partial charge in [0.15, 0.2) is 0 Å². The van der Waals surface area contributed by atoms with E-state index in [2.05, 4.69) is 18.0 Å². The molecule has 0 atom stereocenters. The van der Waals surface area contributed by atoms with Crippen LogP contribution in [0.15, 0.2) is 29.0 Å². The van der Waals surface area contributed by atoms with E-state index in [0.29, 0.717) is 5.89 Å². The second-order valence-electron chi connectivity index (χ2n) is 2.25.